The van der Waals surface area contributed by atoms with Crippen molar-refractivity contribution in [1.82, 2.24) is 9.88 Å². The predicted molar refractivity (Wildman–Crippen MR) is 100.0 cm³/mol. The van der Waals surface area contributed by atoms with Crippen molar-refractivity contribution >= 4 is 21.2 Å². The van der Waals surface area contributed by atoms with E-state index >= 15 is 0 Å². The Bertz CT molecular complexity index is 1070. The van der Waals surface area contributed by atoms with E-state index in [1.54, 1.807) is 29.9 Å². The normalized spacial score (nSPS) is 23.9. The van der Waals surface area contributed by atoms with Crippen LogP contribution in [0.25, 0.3) is 11.1 Å². The monoisotopic (exact) mass is 386 g/mol. The number of likely N-dealkylation sites (tertiary alicyclic amines) is 1. The van der Waals surface area contributed by atoms with E-state index in [4.69, 9.17) is 4.42 Å². The van der Waals surface area contributed by atoms with Crippen molar-refractivity contribution in [2.24, 2.45) is 0 Å². The third-order valence-electron chi connectivity index (χ3n) is 5.52. The number of thiazole rings is 1. The fourth-order valence-electron chi connectivity index (χ4n) is 4.14. The predicted octanol–water partition coefficient (Wildman–Crippen LogP) is 3.47. The van der Waals surface area contributed by atoms with Crippen LogP contribution in [-0.4, -0.2) is 36.6 Å². The summed E-state index contributed by atoms with van der Waals surface area (Å²) in [6.45, 7) is 4.13. The summed E-state index contributed by atoms with van der Waals surface area (Å²) < 4.78 is 31.2. The highest BCUT2D eigenvalue weighted by Gasteiger charge is 2.50. The van der Waals surface area contributed by atoms with Crippen molar-refractivity contribution in [2.75, 3.05) is 13.1 Å². The van der Waals surface area contributed by atoms with Gasteiger partial charge >= 0.3 is 0 Å². The van der Waals surface area contributed by atoms with Gasteiger partial charge in [0.1, 0.15) is 0 Å². The number of nitrogens with zero attached hydrogens (tertiary/aromatic N) is 2. The second-order valence-corrected chi connectivity index (χ2v) is 10.1. The molecule has 0 radical (unpaired) electrons. The van der Waals surface area contributed by atoms with E-state index in [-0.39, 0.29) is 11.2 Å². The van der Waals surface area contributed by atoms with Gasteiger partial charge in [-0.05, 0) is 36.2 Å². The molecule has 2 aliphatic heterocycles. The maximum atomic E-state index is 13.0. The molecule has 5 rings (SSSR count). The first-order chi connectivity index (χ1) is 12.5. The molecule has 7 heteroatoms. The van der Waals surface area contributed by atoms with Crippen molar-refractivity contribution in [2.45, 2.75) is 29.5 Å². The second kappa shape index (κ2) is 5.77. The minimum atomic E-state index is -3.27. The topological polar surface area (TPSA) is 63.4 Å². The van der Waals surface area contributed by atoms with Crippen LogP contribution in [0, 0.1) is 6.92 Å². The number of furan rings is 1. The van der Waals surface area contributed by atoms with Gasteiger partial charge in [-0.1, -0.05) is 6.07 Å². The first kappa shape index (κ1) is 16.2. The van der Waals surface area contributed by atoms with Gasteiger partial charge < -0.3 is 4.42 Å². The van der Waals surface area contributed by atoms with Crippen molar-refractivity contribution in [3.63, 3.8) is 0 Å². The first-order valence-corrected chi connectivity index (χ1v) is 11.0. The zero-order valence-corrected chi connectivity index (χ0v) is 15.9. The molecule has 2 aromatic heterocycles. The average molecular weight is 386 g/mol. The lowest BCUT2D eigenvalue weighted by atomic mass is 9.95. The Morgan fingerprint density at radius 1 is 1.27 bits per heavy atom. The van der Waals surface area contributed by atoms with E-state index < -0.39 is 9.84 Å². The Morgan fingerprint density at radius 2 is 2.15 bits per heavy atom. The molecule has 1 aromatic carbocycles. The molecule has 0 unspecified atom stereocenters. The van der Waals surface area contributed by atoms with Gasteiger partial charge in [-0.25, -0.2) is 13.4 Å². The van der Waals surface area contributed by atoms with Crippen LogP contribution >= 0.6 is 11.3 Å². The number of rotatable bonds is 3. The molecule has 134 valence electrons. The van der Waals surface area contributed by atoms with E-state index in [1.807, 2.05) is 30.6 Å². The van der Waals surface area contributed by atoms with Crippen molar-refractivity contribution < 1.29 is 12.8 Å². The van der Waals surface area contributed by atoms with Crippen LogP contribution in [0.3, 0.4) is 0 Å². The van der Waals surface area contributed by atoms with Crippen LogP contribution in [0.5, 0.6) is 0 Å². The van der Waals surface area contributed by atoms with Gasteiger partial charge in [-0.15, -0.1) is 11.3 Å². The maximum Gasteiger partial charge on any atom is 0.183 e. The number of fused-ring (bicyclic) bond motifs is 3. The number of hydrogen-bond acceptors (Lipinski definition) is 6. The Hall–Kier alpha value is -1.96. The van der Waals surface area contributed by atoms with Crippen LogP contribution in [0.15, 0.2) is 51.6 Å². The quantitative estimate of drug-likeness (QED) is 0.690. The third-order valence-corrected chi connectivity index (χ3v) is 8.70. The largest absolute Gasteiger partial charge is 0.472 e. The molecule has 0 N–H and O–H groups in total. The van der Waals surface area contributed by atoms with Crippen LogP contribution in [-0.2, 0) is 16.4 Å². The Balaban J connectivity index is 1.50. The SMILES string of the molecule is Cc1ncsc1CN1C[C@H]2c3cc(-c4ccoc4)ccc3S(=O)(=O)[C@H]2C1. The highest BCUT2D eigenvalue weighted by molar-refractivity contribution is 7.92. The summed E-state index contributed by atoms with van der Waals surface area (Å²) in [5.41, 5.74) is 5.83. The summed E-state index contributed by atoms with van der Waals surface area (Å²) in [5.74, 6) is 0.0371. The molecule has 3 aromatic rings. The van der Waals surface area contributed by atoms with E-state index in [2.05, 4.69) is 9.88 Å². The smallest absolute Gasteiger partial charge is 0.183 e. The third kappa shape index (κ3) is 2.38. The molecular formula is C19H18N2O3S2. The minimum Gasteiger partial charge on any atom is -0.472 e. The lowest BCUT2D eigenvalue weighted by Crippen LogP contribution is -2.25. The molecule has 0 aliphatic carbocycles. The molecule has 2 atom stereocenters. The lowest BCUT2D eigenvalue weighted by Gasteiger charge is -2.16. The molecule has 5 nitrogen and oxygen atoms in total. The number of sulfone groups is 1. The zero-order chi connectivity index (χ0) is 17.9. The average Bonchev–Trinajstić information content (AvgIpc) is 3.38. The van der Waals surface area contributed by atoms with Crippen LogP contribution < -0.4 is 0 Å². The number of aromatic nitrogens is 1. The first-order valence-electron chi connectivity index (χ1n) is 8.56. The number of hydrogen-bond donors (Lipinski definition) is 0. The van der Waals surface area contributed by atoms with Crippen molar-refractivity contribution in [3.8, 4) is 11.1 Å². The summed E-state index contributed by atoms with van der Waals surface area (Å²) in [5, 5.41) is -0.342. The van der Waals surface area contributed by atoms with Gasteiger partial charge in [0.2, 0.25) is 0 Å². The Labute approximate surface area is 156 Å². The van der Waals surface area contributed by atoms with E-state index in [0.717, 1.165) is 35.5 Å². The summed E-state index contributed by atoms with van der Waals surface area (Å²) in [4.78, 5) is 8.28. The Kier molecular flexibility index (Phi) is 3.60. The van der Waals surface area contributed by atoms with Crippen molar-refractivity contribution in [3.05, 3.63) is 58.4 Å². The van der Waals surface area contributed by atoms with Gasteiger partial charge in [0.25, 0.3) is 0 Å². The van der Waals surface area contributed by atoms with Gasteiger partial charge in [0.15, 0.2) is 9.84 Å². The number of benzene rings is 1. The van der Waals surface area contributed by atoms with Gasteiger partial charge in [-0.2, -0.15) is 0 Å². The molecular weight excluding hydrogens is 368 g/mol. The second-order valence-electron chi connectivity index (χ2n) is 7.01. The fourth-order valence-corrected chi connectivity index (χ4v) is 7.16. The van der Waals surface area contributed by atoms with Crippen LogP contribution in [0.4, 0.5) is 0 Å². The summed E-state index contributed by atoms with van der Waals surface area (Å²) in [6, 6.07) is 7.57. The van der Waals surface area contributed by atoms with Gasteiger partial charge in [-0.3, -0.25) is 4.90 Å². The van der Waals surface area contributed by atoms with E-state index in [9.17, 15) is 8.42 Å². The summed E-state index contributed by atoms with van der Waals surface area (Å²) in [7, 11) is -3.27. The van der Waals surface area contributed by atoms with Gasteiger partial charge in [0, 0.05) is 36.0 Å². The van der Waals surface area contributed by atoms with Crippen LogP contribution in [0.2, 0.25) is 0 Å². The van der Waals surface area contributed by atoms with Gasteiger partial charge in [0.05, 0.1) is 33.9 Å². The number of aryl methyl sites for hydroxylation is 1. The molecule has 1 saturated heterocycles. The molecule has 0 spiro atoms. The molecule has 0 saturated carbocycles. The maximum absolute atomic E-state index is 13.0. The Morgan fingerprint density at radius 3 is 2.88 bits per heavy atom. The summed E-state index contributed by atoms with van der Waals surface area (Å²) >= 11 is 1.64. The van der Waals surface area contributed by atoms with E-state index in [0.29, 0.717) is 11.4 Å². The highest BCUT2D eigenvalue weighted by Crippen LogP contribution is 2.46. The fraction of sp³-hybridized carbons (Fsp3) is 0.316. The minimum absolute atomic E-state index is 0.0371. The standard InChI is InChI=1S/C19H18N2O3S2/c1-12-17(25-11-20-12)8-21-7-16-15-6-13(14-4-5-24-10-14)2-3-18(15)26(22,23)19(16)9-21/h2-6,10-11,16,19H,7-9H2,1H3/t16-,19-/m0/s1. The molecule has 1 fully saturated rings. The molecule has 26 heavy (non-hydrogen) atoms. The van der Waals surface area contributed by atoms with Crippen LogP contribution in [0.1, 0.15) is 22.1 Å². The highest BCUT2D eigenvalue weighted by atomic mass is 32.2. The molecule has 4 heterocycles. The van der Waals surface area contributed by atoms with Crippen molar-refractivity contribution in [1.29, 1.82) is 0 Å². The summed E-state index contributed by atoms with van der Waals surface area (Å²) in [6.07, 6.45) is 3.33. The zero-order valence-electron chi connectivity index (χ0n) is 14.3. The molecule has 2 aliphatic rings. The molecule has 0 amide bonds. The molecule has 0 bridgehead atoms. The lowest BCUT2D eigenvalue weighted by molar-refractivity contribution is 0.327. The van der Waals surface area contributed by atoms with E-state index in [1.165, 1.54) is 4.88 Å².